The zero-order valence-corrected chi connectivity index (χ0v) is 16.2. The summed E-state index contributed by atoms with van der Waals surface area (Å²) in [5.74, 6) is 1.04. The minimum atomic E-state index is 0.0600. The van der Waals surface area contributed by atoms with Crippen LogP contribution in [-0.4, -0.2) is 54.4 Å². The van der Waals surface area contributed by atoms with Crippen molar-refractivity contribution < 1.29 is 9.59 Å². The van der Waals surface area contributed by atoms with Gasteiger partial charge in [-0.15, -0.1) is 0 Å². The van der Waals surface area contributed by atoms with Gasteiger partial charge in [0.2, 0.25) is 5.91 Å². The van der Waals surface area contributed by atoms with Crippen molar-refractivity contribution in [1.29, 1.82) is 0 Å². The Morgan fingerprint density at radius 3 is 2.67 bits per heavy atom. The molecule has 3 aliphatic rings. The molecular formula is C21H30N4O2. The summed E-state index contributed by atoms with van der Waals surface area (Å²) in [5.41, 5.74) is 0.770. The van der Waals surface area contributed by atoms with Crippen LogP contribution in [0.4, 0.5) is 5.82 Å². The number of rotatable bonds is 3. The van der Waals surface area contributed by atoms with Gasteiger partial charge in [0, 0.05) is 45.3 Å². The topological polar surface area (TPSA) is 65.5 Å². The number of likely N-dealkylation sites (tertiary alicyclic amines) is 1. The quantitative estimate of drug-likeness (QED) is 0.888. The number of carbonyl (C=O) groups excluding carboxylic acids is 2. The molecule has 6 nitrogen and oxygen atoms in total. The smallest absolute Gasteiger partial charge is 0.257 e. The van der Waals surface area contributed by atoms with Crippen molar-refractivity contribution in [2.75, 3.05) is 31.6 Å². The summed E-state index contributed by atoms with van der Waals surface area (Å²) < 4.78 is 0. The van der Waals surface area contributed by atoms with Gasteiger partial charge in [-0.05, 0) is 43.2 Å². The van der Waals surface area contributed by atoms with Crippen LogP contribution >= 0.6 is 0 Å². The molecule has 1 spiro atoms. The molecule has 1 aromatic rings. The lowest BCUT2D eigenvalue weighted by Crippen LogP contribution is -2.44. The third-order valence-electron chi connectivity index (χ3n) is 6.78. The predicted molar refractivity (Wildman–Crippen MR) is 105 cm³/mol. The van der Waals surface area contributed by atoms with E-state index >= 15 is 0 Å². The number of amides is 2. The van der Waals surface area contributed by atoms with Gasteiger partial charge >= 0.3 is 0 Å². The molecule has 0 aromatic carbocycles. The molecule has 0 atom stereocenters. The summed E-state index contributed by atoms with van der Waals surface area (Å²) in [6, 6.07) is 4.24. The van der Waals surface area contributed by atoms with Crippen molar-refractivity contribution in [1.82, 2.24) is 15.2 Å². The molecule has 1 aliphatic carbocycles. The van der Waals surface area contributed by atoms with Gasteiger partial charge in [-0.1, -0.05) is 19.3 Å². The number of nitrogens with zero attached hydrogens (tertiary/aromatic N) is 3. The molecule has 3 fully saturated rings. The second kappa shape index (κ2) is 7.49. The molecule has 0 radical (unpaired) electrons. The van der Waals surface area contributed by atoms with Crippen LogP contribution in [0.2, 0.25) is 0 Å². The lowest BCUT2D eigenvalue weighted by molar-refractivity contribution is -0.119. The summed E-state index contributed by atoms with van der Waals surface area (Å²) in [5, 5.41) is 2.96. The molecule has 2 amide bonds. The van der Waals surface area contributed by atoms with E-state index in [4.69, 9.17) is 0 Å². The van der Waals surface area contributed by atoms with E-state index in [9.17, 15) is 9.59 Å². The molecule has 3 heterocycles. The third-order valence-corrected chi connectivity index (χ3v) is 6.78. The number of anilines is 1. The SMILES string of the molecule is CN(c1ncccc1C(=O)N1CCC2(CC1)CNC(=O)C2)C1CCCCC1. The Labute approximate surface area is 161 Å². The van der Waals surface area contributed by atoms with E-state index in [0.29, 0.717) is 18.0 Å². The average molecular weight is 370 g/mol. The number of nitrogens with one attached hydrogen (secondary N) is 1. The normalized spacial score (nSPS) is 22.7. The lowest BCUT2D eigenvalue weighted by Gasteiger charge is -2.39. The molecule has 2 saturated heterocycles. The minimum Gasteiger partial charge on any atom is -0.356 e. The Morgan fingerprint density at radius 2 is 2.00 bits per heavy atom. The van der Waals surface area contributed by atoms with Gasteiger partial charge in [0.25, 0.3) is 5.91 Å². The van der Waals surface area contributed by atoms with E-state index in [0.717, 1.165) is 38.3 Å². The van der Waals surface area contributed by atoms with Crippen LogP contribution in [0.3, 0.4) is 0 Å². The number of pyridine rings is 1. The maximum absolute atomic E-state index is 13.3. The largest absolute Gasteiger partial charge is 0.356 e. The van der Waals surface area contributed by atoms with Crippen molar-refractivity contribution in [3.63, 3.8) is 0 Å². The second-order valence-electron chi connectivity index (χ2n) is 8.52. The summed E-state index contributed by atoms with van der Waals surface area (Å²) in [6.45, 7) is 2.20. The van der Waals surface area contributed by atoms with Crippen LogP contribution in [0.25, 0.3) is 0 Å². The van der Waals surface area contributed by atoms with Gasteiger partial charge in [-0.2, -0.15) is 0 Å². The predicted octanol–water partition coefficient (Wildman–Crippen LogP) is 2.59. The average Bonchev–Trinajstić information content (AvgIpc) is 3.08. The van der Waals surface area contributed by atoms with Crippen LogP contribution < -0.4 is 10.2 Å². The van der Waals surface area contributed by atoms with Gasteiger partial charge in [-0.25, -0.2) is 4.98 Å². The van der Waals surface area contributed by atoms with Crippen molar-refractivity contribution >= 4 is 17.6 Å². The number of piperidine rings is 1. The third kappa shape index (κ3) is 3.66. The zero-order valence-electron chi connectivity index (χ0n) is 16.2. The number of aromatic nitrogens is 1. The first-order chi connectivity index (χ1) is 13.1. The van der Waals surface area contributed by atoms with E-state index in [1.165, 1.54) is 32.1 Å². The molecular weight excluding hydrogens is 340 g/mol. The lowest BCUT2D eigenvalue weighted by atomic mass is 9.77. The van der Waals surface area contributed by atoms with E-state index < -0.39 is 0 Å². The second-order valence-corrected chi connectivity index (χ2v) is 8.52. The van der Waals surface area contributed by atoms with Crippen LogP contribution in [-0.2, 0) is 4.79 Å². The Bertz CT molecular complexity index is 706. The van der Waals surface area contributed by atoms with E-state index in [1.54, 1.807) is 6.20 Å². The fourth-order valence-corrected chi connectivity index (χ4v) is 4.95. The van der Waals surface area contributed by atoms with Crippen molar-refractivity contribution in [3.05, 3.63) is 23.9 Å². The van der Waals surface area contributed by atoms with Crippen molar-refractivity contribution in [2.45, 2.75) is 57.4 Å². The maximum Gasteiger partial charge on any atom is 0.257 e. The van der Waals surface area contributed by atoms with E-state index in [-0.39, 0.29) is 17.2 Å². The monoisotopic (exact) mass is 370 g/mol. The van der Waals surface area contributed by atoms with Crippen LogP contribution in [0.5, 0.6) is 0 Å². The highest BCUT2D eigenvalue weighted by molar-refractivity contribution is 5.99. The molecule has 2 aliphatic heterocycles. The summed E-state index contributed by atoms with van der Waals surface area (Å²) in [7, 11) is 2.08. The van der Waals surface area contributed by atoms with Gasteiger partial charge in [0.15, 0.2) is 0 Å². The molecule has 0 unspecified atom stereocenters. The van der Waals surface area contributed by atoms with Crippen LogP contribution in [0.1, 0.15) is 61.7 Å². The van der Waals surface area contributed by atoms with Crippen LogP contribution in [0, 0.1) is 5.41 Å². The highest BCUT2D eigenvalue weighted by Gasteiger charge is 2.42. The first-order valence-corrected chi connectivity index (χ1v) is 10.3. The number of hydrogen-bond donors (Lipinski definition) is 1. The molecule has 4 rings (SSSR count). The molecule has 1 aromatic heterocycles. The maximum atomic E-state index is 13.3. The Hall–Kier alpha value is -2.11. The Balaban J connectivity index is 1.47. The fraction of sp³-hybridized carbons (Fsp3) is 0.667. The molecule has 27 heavy (non-hydrogen) atoms. The first kappa shape index (κ1) is 18.3. The highest BCUT2D eigenvalue weighted by atomic mass is 16.2. The van der Waals surface area contributed by atoms with Crippen molar-refractivity contribution in [3.8, 4) is 0 Å². The molecule has 6 heteroatoms. The number of carbonyl (C=O) groups is 2. The Morgan fingerprint density at radius 1 is 1.26 bits per heavy atom. The van der Waals surface area contributed by atoms with Gasteiger partial charge in [0.05, 0.1) is 5.56 Å². The summed E-state index contributed by atoms with van der Waals surface area (Å²) in [6.07, 6.45) is 10.4. The standard InChI is InChI=1S/C21H30N4O2/c1-24(16-6-3-2-4-7-16)19-17(8-5-11-22-19)20(27)25-12-9-21(10-13-25)14-18(26)23-15-21/h5,8,11,16H,2-4,6-7,9-10,12-15H2,1H3,(H,23,26). The van der Waals surface area contributed by atoms with Crippen molar-refractivity contribution in [2.24, 2.45) is 5.41 Å². The summed E-state index contributed by atoms with van der Waals surface area (Å²) in [4.78, 5) is 33.6. The first-order valence-electron chi connectivity index (χ1n) is 10.3. The van der Waals surface area contributed by atoms with Gasteiger partial charge in [-0.3, -0.25) is 9.59 Å². The molecule has 1 N–H and O–H groups in total. The van der Waals surface area contributed by atoms with E-state index in [1.807, 2.05) is 17.0 Å². The van der Waals surface area contributed by atoms with E-state index in [2.05, 4.69) is 22.2 Å². The van der Waals surface area contributed by atoms with Crippen LogP contribution in [0.15, 0.2) is 18.3 Å². The highest BCUT2D eigenvalue weighted by Crippen LogP contribution is 2.38. The number of hydrogen-bond acceptors (Lipinski definition) is 4. The van der Waals surface area contributed by atoms with Gasteiger partial charge < -0.3 is 15.1 Å². The Kier molecular flexibility index (Phi) is 5.06. The molecule has 146 valence electrons. The minimum absolute atomic E-state index is 0.0600. The zero-order chi connectivity index (χ0) is 18.9. The fourth-order valence-electron chi connectivity index (χ4n) is 4.95. The summed E-state index contributed by atoms with van der Waals surface area (Å²) >= 11 is 0. The van der Waals surface area contributed by atoms with Gasteiger partial charge in [0.1, 0.15) is 5.82 Å². The molecule has 0 bridgehead atoms. The molecule has 1 saturated carbocycles.